The molecule has 10 heteroatoms. The van der Waals surface area contributed by atoms with Gasteiger partial charge in [-0.1, -0.05) is 12.1 Å². The van der Waals surface area contributed by atoms with Gasteiger partial charge in [-0.2, -0.15) is 18.3 Å². The third-order valence-electron chi connectivity index (χ3n) is 4.80. The summed E-state index contributed by atoms with van der Waals surface area (Å²) in [5.41, 5.74) is -2.03. The maximum Gasteiger partial charge on any atom is 0.418 e. The topological polar surface area (TPSA) is 76.5 Å². The fourth-order valence-corrected chi connectivity index (χ4v) is 3.26. The van der Waals surface area contributed by atoms with Gasteiger partial charge in [0.15, 0.2) is 5.69 Å². The van der Waals surface area contributed by atoms with Crippen molar-refractivity contribution in [2.24, 2.45) is 0 Å². The molecule has 1 fully saturated rings. The Balaban J connectivity index is 1.75. The number of halogens is 3. The number of benzene rings is 1. The molecule has 1 amide bonds. The first-order valence-electron chi connectivity index (χ1n) is 9.63. The van der Waals surface area contributed by atoms with E-state index in [-0.39, 0.29) is 11.4 Å². The van der Waals surface area contributed by atoms with Gasteiger partial charge in [0, 0.05) is 31.4 Å². The van der Waals surface area contributed by atoms with Gasteiger partial charge in [-0.05, 0) is 32.0 Å². The minimum Gasteiger partial charge on any atom is -0.379 e. The van der Waals surface area contributed by atoms with Crippen LogP contribution in [0, 0.1) is 6.92 Å². The molecule has 0 bridgehead atoms. The molecule has 0 saturated carbocycles. The predicted molar refractivity (Wildman–Crippen MR) is 104 cm³/mol. The molecule has 1 aliphatic rings. The van der Waals surface area contributed by atoms with Crippen LogP contribution in [-0.4, -0.2) is 60.0 Å². The van der Waals surface area contributed by atoms with Crippen molar-refractivity contribution >= 4 is 5.91 Å². The molecule has 0 unspecified atom stereocenters. The van der Waals surface area contributed by atoms with Crippen molar-refractivity contribution in [3.05, 3.63) is 57.5 Å². The third-order valence-corrected chi connectivity index (χ3v) is 4.80. The van der Waals surface area contributed by atoms with Gasteiger partial charge in [-0.3, -0.25) is 14.5 Å². The van der Waals surface area contributed by atoms with E-state index in [1.807, 2.05) is 0 Å². The molecule has 1 N–H and O–H groups in total. The lowest BCUT2D eigenvalue weighted by Gasteiger charge is -2.26. The second-order valence-electron chi connectivity index (χ2n) is 6.99. The zero-order valence-electron chi connectivity index (χ0n) is 16.5. The number of hydrogen-bond acceptors (Lipinski definition) is 5. The number of rotatable bonds is 6. The van der Waals surface area contributed by atoms with Crippen molar-refractivity contribution in [3.8, 4) is 5.69 Å². The molecule has 1 aromatic heterocycles. The van der Waals surface area contributed by atoms with E-state index in [9.17, 15) is 22.8 Å². The summed E-state index contributed by atoms with van der Waals surface area (Å²) < 4.78 is 46.4. The maximum absolute atomic E-state index is 13.4. The number of hydrogen-bond donors (Lipinski definition) is 1. The van der Waals surface area contributed by atoms with Crippen LogP contribution in [0.2, 0.25) is 0 Å². The first kappa shape index (κ1) is 22.0. The van der Waals surface area contributed by atoms with Gasteiger partial charge in [-0.15, -0.1) is 0 Å². The normalized spacial score (nSPS) is 15.2. The van der Waals surface area contributed by atoms with Crippen LogP contribution in [-0.2, 0) is 10.9 Å². The number of alkyl halides is 3. The zero-order valence-corrected chi connectivity index (χ0v) is 16.5. The Kier molecular flexibility index (Phi) is 6.88. The van der Waals surface area contributed by atoms with Crippen LogP contribution in [0.5, 0.6) is 0 Å². The van der Waals surface area contributed by atoms with Gasteiger partial charge in [0.25, 0.3) is 5.91 Å². The number of aryl methyl sites for hydroxylation is 1. The van der Waals surface area contributed by atoms with Crippen LogP contribution in [0.1, 0.15) is 28.2 Å². The maximum atomic E-state index is 13.4. The quantitative estimate of drug-likeness (QED) is 0.718. The molecule has 1 saturated heterocycles. The summed E-state index contributed by atoms with van der Waals surface area (Å²) in [5.74, 6) is -0.708. The van der Waals surface area contributed by atoms with Crippen molar-refractivity contribution in [1.29, 1.82) is 0 Å². The van der Waals surface area contributed by atoms with Crippen LogP contribution in [0.25, 0.3) is 5.69 Å². The fraction of sp³-hybridized carbons (Fsp3) is 0.450. The van der Waals surface area contributed by atoms with Crippen molar-refractivity contribution in [1.82, 2.24) is 20.0 Å². The summed E-state index contributed by atoms with van der Waals surface area (Å²) in [7, 11) is 0. The average molecular weight is 424 g/mol. The van der Waals surface area contributed by atoms with Gasteiger partial charge in [-0.25, -0.2) is 4.68 Å². The molecule has 0 radical (unpaired) electrons. The second kappa shape index (κ2) is 9.40. The molecule has 1 aromatic carbocycles. The third kappa shape index (κ3) is 5.25. The number of ether oxygens (including phenoxy) is 1. The van der Waals surface area contributed by atoms with E-state index in [1.54, 1.807) is 0 Å². The summed E-state index contributed by atoms with van der Waals surface area (Å²) in [6.45, 7) is 5.58. The minimum absolute atomic E-state index is 0.195. The van der Waals surface area contributed by atoms with E-state index in [0.29, 0.717) is 26.2 Å². The molecule has 1 aliphatic heterocycles. The standard InChI is InChI=1S/C20H23F3N4O3/c1-14-13-17(28)18(19(29)24-7-4-8-26-9-11-30-12-10-26)25-27(14)16-6-3-2-5-15(16)20(21,22)23/h2-3,5-6,13H,4,7-12H2,1H3,(H,24,29). The van der Waals surface area contributed by atoms with Gasteiger partial charge < -0.3 is 10.1 Å². The zero-order chi connectivity index (χ0) is 21.7. The molecule has 0 atom stereocenters. The molecule has 2 heterocycles. The Hall–Kier alpha value is -2.72. The first-order chi connectivity index (χ1) is 14.3. The summed E-state index contributed by atoms with van der Waals surface area (Å²) >= 11 is 0. The minimum atomic E-state index is -4.60. The molecular weight excluding hydrogens is 401 g/mol. The largest absolute Gasteiger partial charge is 0.418 e. The van der Waals surface area contributed by atoms with Crippen molar-refractivity contribution in [2.75, 3.05) is 39.4 Å². The SMILES string of the molecule is Cc1cc(=O)c(C(=O)NCCCN2CCOCC2)nn1-c1ccccc1C(F)(F)F. The summed E-state index contributed by atoms with van der Waals surface area (Å²) in [4.78, 5) is 26.9. The number of morpholine rings is 1. The smallest absolute Gasteiger partial charge is 0.379 e. The molecule has 0 spiro atoms. The van der Waals surface area contributed by atoms with Crippen LogP contribution >= 0.6 is 0 Å². The van der Waals surface area contributed by atoms with Crippen LogP contribution in [0.15, 0.2) is 35.1 Å². The van der Waals surface area contributed by atoms with E-state index >= 15 is 0 Å². The van der Waals surface area contributed by atoms with Gasteiger partial charge in [0.1, 0.15) is 0 Å². The van der Waals surface area contributed by atoms with Crippen molar-refractivity contribution < 1.29 is 22.7 Å². The van der Waals surface area contributed by atoms with Gasteiger partial charge in [0.2, 0.25) is 5.43 Å². The highest BCUT2D eigenvalue weighted by Gasteiger charge is 2.34. The van der Waals surface area contributed by atoms with Crippen LogP contribution < -0.4 is 10.7 Å². The van der Waals surface area contributed by atoms with Crippen molar-refractivity contribution in [2.45, 2.75) is 19.5 Å². The number of nitrogens with one attached hydrogen (secondary N) is 1. The Morgan fingerprint density at radius 1 is 1.23 bits per heavy atom. The van der Waals surface area contributed by atoms with E-state index in [1.165, 1.54) is 25.1 Å². The summed E-state index contributed by atoms with van der Waals surface area (Å²) in [6.07, 6.45) is -3.93. The number of nitrogens with zero attached hydrogens (tertiary/aromatic N) is 3. The van der Waals surface area contributed by atoms with Crippen LogP contribution in [0.4, 0.5) is 13.2 Å². The molecular formula is C20H23F3N4O3. The number of carbonyl (C=O) groups is 1. The van der Waals surface area contributed by atoms with E-state index < -0.39 is 28.8 Å². The monoisotopic (exact) mass is 424 g/mol. The van der Waals surface area contributed by atoms with E-state index in [0.717, 1.165) is 36.4 Å². The molecule has 7 nitrogen and oxygen atoms in total. The highest BCUT2D eigenvalue weighted by atomic mass is 19.4. The van der Waals surface area contributed by atoms with E-state index in [2.05, 4.69) is 15.3 Å². The predicted octanol–water partition coefficient (Wildman–Crippen LogP) is 2.01. The highest BCUT2D eigenvalue weighted by molar-refractivity contribution is 5.92. The first-order valence-corrected chi connectivity index (χ1v) is 9.63. The second-order valence-corrected chi connectivity index (χ2v) is 6.99. The molecule has 2 aromatic rings. The molecule has 3 rings (SSSR count). The Bertz CT molecular complexity index is 953. The number of aromatic nitrogens is 2. The number of carbonyl (C=O) groups excluding carboxylic acids is 1. The Morgan fingerprint density at radius 3 is 2.63 bits per heavy atom. The van der Waals surface area contributed by atoms with Gasteiger partial charge in [0.05, 0.1) is 24.5 Å². The Labute approximate surface area is 171 Å². The van der Waals surface area contributed by atoms with Gasteiger partial charge >= 0.3 is 6.18 Å². The van der Waals surface area contributed by atoms with E-state index in [4.69, 9.17) is 4.74 Å². The number of para-hydroxylation sites is 1. The summed E-state index contributed by atoms with van der Waals surface area (Å²) in [6, 6.07) is 6.00. The highest BCUT2D eigenvalue weighted by Crippen LogP contribution is 2.33. The lowest BCUT2D eigenvalue weighted by Crippen LogP contribution is -2.38. The average Bonchev–Trinajstić information content (AvgIpc) is 2.71. The summed E-state index contributed by atoms with van der Waals surface area (Å²) in [5, 5.41) is 6.58. The molecule has 30 heavy (non-hydrogen) atoms. The lowest BCUT2D eigenvalue weighted by molar-refractivity contribution is -0.137. The van der Waals surface area contributed by atoms with Crippen LogP contribution in [0.3, 0.4) is 0 Å². The Morgan fingerprint density at radius 2 is 1.93 bits per heavy atom. The van der Waals surface area contributed by atoms with Crippen molar-refractivity contribution in [3.63, 3.8) is 0 Å². The number of amides is 1. The molecule has 162 valence electrons. The lowest BCUT2D eigenvalue weighted by atomic mass is 10.1. The fourth-order valence-electron chi connectivity index (χ4n) is 3.26. The molecule has 0 aliphatic carbocycles.